The number of hydrogen-bond donors (Lipinski definition) is 0. The zero-order valence-electron chi connectivity index (χ0n) is 38.6. The van der Waals surface area contributed by atoms with Gasteiger partial charge in [-0.15, -0.1) is 0 Å². The van der Waals surface area contributed by atoms with Crippen LogP contribution in [0.2, 0.25) is 0 Å². The number of allylic oxidation sites excluding steroid dienone is 6. The molecule has 0 amide bonds. The summed E-state index contributed by atoms with van der Waals surface area (Å²) in [6.07, 6.45) is 54.1. The third kappa shape index (κ3) is 44.7. The van der Waals surface area contributed by atoms with Crippen LogP contribution in [-0.4, -0.2) is 37.2 Å². The minimum Gasteiger partial charge on any atom is -0.462 e. The van der Waals surface area contributed by atoms with Crippen molar-refractivity contribution in [2.75, 3.05) is 13.2 Å². The van der Waals surface area contributed by atoms with Gasteiger partial charge >= 0.3 is 17.9 Å². The molecule has 0 N–H and O–H groups in total. The number of carbonyl (C=O) groups is 3. The summed E-state index contributed by atoms with van der Waals surface area (Å²) in [5.74, 6) is -0.931. The third-order valence-electron chi connectivity index (χ3n) is 10.8. The fraction of sp³-hybridized carbons (Fsp3) is 0.827. The van der Waals surface area contributed by atoms with E-state index in [9.17, 15) is 14.4 Å². The molecule has 58 heavy (non-hydrogen) atoms. The van der Waals surface area contributed by atoms with Crippen LogP contribution in [0.5, 0.6) is 0 Å². The van der Waals surface area contributed by atoms with Crippen molar-refractivity contribution in [3.05, 3.63) is 36.5 Å². The number of hydrogen-bond acceptors (Lipinski definition) is 6. The average Bonchev–Trinajstić information content (AvgIpc) is 3.22. The lowest BCUT2D eigenvalue weighted by Gasteiger charge is -2.18. The highest BCUT2D eigenvalue weighted by Gasteiger charge is 2.19. The van der Waals surface area contributed by atoms with E-state index in [0.29, 0.717) is 19.3 Å². The topological polar surface area (TPSA) is 78.9 Å². The molecule has 1 unspecified atom stereocenters. The van der Waals surface area contributed by atoms with Gasteiger partial charge in [-0.05, 0) is 96.3 Å². The number of carbonyl (C=O) groups excluding carboxylic acids is 3. The lowest BCUT2D eigenvalue weighted by atomic mass is 10.1. The molecular formula is C52H94O6. The molecule has 0 saturated heterocycles. The molecule has 0 aromatic heterocycles. The molecule has 6 nitrogen and oxygen atoms in total. The summed E-state index contributed by atoms with van der Waals surface area (Å²) in [5, 5.41) is 0. The molecule has 338 valence electrons. The van der Waals surface area contributed by atoms with Crippen LogP contribution in [-0.2, 0) is 28.6 Å². The van der Waals surface area contributed by atoms with Crippen LogP contribution >= 0.6 is 0 Å². The first-order valence-electron chi connectivity index (χ1n) is 25.0. The van der Waals surface area contributed by atoms with E-state index in [1.165, 1.54) is 122 Å². The molecule has 0 radical (unpaired) electrons. The minimum absolute atomic E-state index is 0.0896. The van der Waals surface area contributed by atoms with Crippen LogP contribution in [0.1, 0.15) is 258 Å². The summed E-state index contributed by atoms with van der Waals surface area (Å²) >= 11 is 0. The Labute approximate surface area is 359 Å². The van der Waals surface area contributed by atoms with E-state index in [1.54, 1.807) is 0 Å². The van der Waals surface area contributed by atoms with Gasteiger partial charge in [0.25, 0.3) is 0 Å². The monoisotopic (exact) mass is 815 g/mol. The average molecular weight is 815 g/mol. The molecule has 1 atom stereocenters. The summed E-state index contributed by atoms with van der Waals surface area (Å²) in [5.41, 5.74) is 0. The highest BCUT2D eigenvalue weighted by Crippen LogP contribution is 2.13. The Morgan fingerprint density at radius 2 is 0.569 bits per heavy atom. The van der Waals surface area contributed by atoms with Gasteiger partial charge in [0.1, 0.15) is 13.2 Å². The first-order chi connectivity index (χ1) is 28.5. The van der Waals surface area contributed by atoms with E-state index in [1.807, 2.05) is 0 Å². The van der Waals surface area contributed by atoms with Crippen molar-refractivity contribution < 1.29 is 28.6 Å². The van der Waals surface area contributed by atoms with Crippen molar-refractivity contribution >= 4 is 17.9 Å². The Kier molecular flexibility index (Phi) is 45.4. The number of esters is 3. The maximum absolute atomic E-state index is 12.7. The van der Waals surface area contributed by atoms with Crippen molar-refractivity contribution in [2.24, 2.45) is 0 Å². The van der Waals surface area contributed by atoms with Gasteiger partial charge in [0.15, 0.2) is 6.10 Å². The van der Waals surface area contributed by atoms with Gasteiger partial charge in [-0.3, -0.25) is 14.4 Å². The molecule has 0 aliphatic rings. The summed E-state index contributed by atoms with van der Waals surface area (Å²) in [6.45, 7) is 6.58. The van der Waals surface area contributed by atoms with Gasteiger partial charge in [0, 0.05) is 19.3 Å². The van der Waals surface area contributed by atoms with Gasteiger partial charge in [0.05, 0.1) is 0 Å². The molecule has 0 rings (SSSR count). The molecule has 0 aliphatic carbocycles. The lowest BCUT2D eigenvalue weighted by molar-refractivity contribution is -0.167. The van der Waals surface area contributed by atoms with E-state index >= 15 is 0 Å². The molecule has 6 heteroatoms. The number of rotatable bonds is 45. The van der Waals surface area contributed by atoms with Crippen molar-refractivity contribution in [1.29, 1.82) is 0 Å². The van der Waals surface area contributed by atoms with Gasteiger partial charge in [-0.2, -0.15) is 0 Å². The standard InChI is InChI=1S/C52H94O6/c1-4-7-10-13-16-19-22-25-28-30-33-36-39-42-45-51(54)57-48-49(58-52(55)46-43-40-37-34-31-27-24-21-18-15-12-9-6-3)47-56-50(53)44-41-38-35-32-29-26-23-20-17-14-11-8-5-2/h26-31,49H,4-25,32-48H2,1-3H3/b29-26-,30-28-,31-27-. The van der Waals surface area contributed by atoms with Crippen molar-refractivity contribution in [3.63, 3.8) is 0 Å². The summed E-state index contributed by atoms with van der Waals surface area (Å²) < 4.78 is 16.7. The molecule has 0 heterocycles. The Morgan fingerprint density at radius 3 is 0.862 bits per heavy atom. The Balaban J connectivity index is 4.42. The second-order valence-corrected chi connectivity index (χ2v) is 16.7. The van der Waals surface area contributed by atoms with Crippen LogP contribution < -0.4 is 0 Å². The molecule has 0 fully saturated rings. The van der Waals surface area contributed by atoms with Crippen LogP contribution in [0.3, 0.4) is 0 Å². The maximum atomic E-state index is 12.7. The molecule has 0 aliphatic heterocycles. The molecule has 0 aromatic rings. The number of unbranched alkanes of at least 4 members (excludes halogenated alkanes) is 28. The lowest BCUT2D eigenvalue weighted by Crippen LogP contribution is -2.30. The van der Waals surface area contributed by atoms with E-state index in [2.05, 4.69) is 57.2 Å². The Hall–Kier alpha value is -2.37. The van der Waals surface area contributed by atoms with Gasteiger partial charge in [-0.1, -0.05) is 179 Å². The van der Waals surface area contributed by atoms with E-state index in [0.717, 1.165) is 96.3 Å². The van der Waals surface area contributed by atoms with Crippen LogP contribution in [0.4, 0.5) is 0 Å². The normalized spacial score (nSPS) is 12.3. The SMILES string of the molecule is CCCCCCCC/C=C\CCCCCC(=O)OCC(COC(=O)CCCCC/C=C\CCCCCCCCC)OC(=O)CCCCC/C=C\CCCCCCCC. The third-order valence-corrected chi connectivity index (χ3v) is 10.8. The van der Waals surface area contributed by atoms with Gasteiger partial charge in [-0.25, -0.2) is 0 Å². The predicted molar refractivity (Wildman–Crippen MR) is 247 cm³/mol. The first kappa shape index (κ1) is 55.6. The van der Waals surface area contributed by atoms with Crippen LogP contribution in [0.15, 0.2) is 36.5 Å². The van der Waals surface area contributed by atoms with E-state index < -0.39 is 6.10 Å². The van der Waals surface area contributed by atoms with E-state index in [4.69, 9.17) is 14.2 Å². The Morgan fingerprint density at radius 1 is 0.328 bits per heavy atom. The largest absolute Gasteiger partial charge is 0.462 e. The summed E-state index contributed by atoms with van der Waals surface area (Å²) in [6, 6.07) is 0. The predicted octanol–water partition coefficient (Wildman–Crippen LogP) is 16.1. The highest BCUT2D eigenvalue weighted by atomic mass is 16.6. The summed E-state index contributed by atoms with van der Waals surface area (Å²) in [7, 11) is 0. The second kappa shape index (κ2) is 47.3. The van der Waals surface area contributed by atoms with Crippen molar-refractivity contribution in [2.45, 2.75) is 264 Å². The quantitative estimate of drug-likeness (QED) is 0.0264. The van der Waals surface area contributed by atoms with Crippen LogP contribution in [0, 0.1) is 0 Å². The summed E-state index contributed by atoms with van der Waals surface area (Å²) in [4.78, 5) is 37.8. The van der Waals surface area contributed by atoms with Gasteiger partial charge in [0.2, 0.25) is 0 Å². The second-order valence-electron chi connectivity index (χ2n) is 16.7. The molecule has 0 saturated carbocycles. The fourth-order valence-corrected chi connectivity index (χ4v) is 7.01. The molecule has 0 aromatic carbocycles. The zero-order valence-corrected chi connectivity index (χ0v) is 38.6. The maximum Gasteiger partial charge on any atom is 0.306 e. The minimum atomic E-state index is -0.788. The van der Waals surface area contributed by atoms with Gasteiger partial charge < -0.3 is 14.2 Å². The first-order valence-corrected chi connectivity index (χ1v) is 25.0. The van der Waals surface area contributed by atoms with E-state index in [-0.39, 0.29) is 31.1 Å². The zero-order chi connectivity index (χ0) is 42.3. The highest BCUT2D eigenvalue weighted by molar-refractivity contribution is 5.71. The Bertz CT molecular complexity index is 984. The smallest absolute Gasteiger partial charge is 0.306 e. The van der Waals surface area contributed by atoms with Crippen molar-refractivity contribution in [1.82, 2.24) is 0 Å². The molecular weight excluding hydrogens is 721 g/mol. The van der Waals surface area contributed by atoms with Crippen molar-refractivity contribution in [3.8, 4) is 0 Å². The fourth-order valence-electron chi connectivity index (χ4n) is 7.01. The van der Waals surface area contributed by atoms with Crippen LogP contribution in [0.25, 0.3) is 0 Å². The molecule has 0 spiro atoms. The molecule has 0 bridgehead atoms. The number of ether oxygens (including phenoxy) is 3.